The van der Waals surface area contributed by atoms with E-state index in [9.17, 15) is 4.79 Å². The summed E-state index contributed by atoms with van der Waals surface area (Å²) in [7, 11) is 3.60. The Kier molecular flexibility index (Phi) is 4.60. The lowest BCUT2D eigenvalue weighted by atomic mass is 10.3. The smallest absolute Gasteiger partial charge is 0.274 e. The number of carbonyl (C=O) groups excluding carboxylic acids is 1. The molecule has 2 aromatic heterocycles. The normalized spacial score (nSPS) is 10.6. The molecule has 0 bridgehead atoms. The van der Waals surface area contributed by atoms with Crippen molar-refractivity contribution in [3.05, 3.63) is 66.2 Å². The van der Waals surface area contributed by atoms with Crippen molar-refractivity contribution in [1.82, 2.24) is 24.5 Å². The van der Waals surface area contributed by atoms with Crippen molar-refractivity contribution < 1.29 is 9.53 Å². The van der Waals surface area contributed by atoms with Crippen LogP contribution in [-0.4, -0.2) is 37.4 Å². The SMILES string of the molecule is CN(Cc1ccnn1C)C(=O)c1ccn(COc2ccccc2)n1. The molecule has 0 saturated carbocycles. The van der Waals surface area contributed by atoms with Gasteiger partial charge >= 0.3 is 0 Å². The number of hydrogen-bond acceptors (Lipinski definition) is 4. The van der Waals surface area contributed by atoms with Gasteiger partial charge in [0.1, 0.15) is 5.75 Å². The van der Waals surface area contributed by atoms with Gasteiger partial charge in [-0.15, -0.1) is 0 Å². The molecule has 0 fully saturated rings. The maximum absolute atomic E-state index is 12.4. The van der Waals surface area contributed by atoms with E-state index >= 15 is 0 Å². The summed E-state index contributed by atoms with van der Waals surface area (Å²) in [6.45, 7) is 0.728. The molecule has 7 nitrogen and oxygen atoms in total. The van der Waals surface area contributed by atoms with Crippen LogP contribution in [0.4, 0.5) is 0 Å². The molecule has 2 heterocycles. The van der Waals surface area contributed by atoms with E-state index in [1.54, 1.807) is 39.8 Å². The summed E-state index contributed by atoms with van der Waals surface area (Å²) in [6.07, 6.45) is 3.44. The molecular weight excluding hydrogens is 306 g/mol. The Labute approximate surface area is 140 Å². The van der Waals surface area contributed by atoms with Crippen LogP contribution in [0.25, 0.3) is 0 Å². The molecule has 0 unspecified atom stereocenters. The van der Waals surface area contributed by atoms with Crippen molar-refractivity contribution in [3.63, 3.8) is 0 Å². The topological polar surface area (TPSA) is 65.2 Å². The lowest BCUT2D eigenvalue weighted by Gasteiger charge is -2.15. The largest absolute Gasteiger partial charge is 0.471 e. The second-order valence-corrected chi connectivity index (χ2v) is 5.43. The highest BCUT2D eigenvalue weighted by molar-refractivity contribution is 5.91. The minimum absolute atomic E-state index is 0.144. The summed E-state index contributed by atoms with van der Waals surface area (Å²) in [6, 6.07) is 13.1. The molecule has 0 aliphatic rings. The van der Waals surface area contributed by atoms with Gasteiger partial charge in [-0.2, -0.15) is 10.2 Å². The minimum Gasteiger partial charge on any atom is -0.471 e. The average Bonchev–Trinajstić information content (AvgIpc) is 3.23. The minimum atomic E-state index is -0.144. The second-order valence-electron chi connectivity index (χ2n) is 5.43. The Morgan fingerprint density at radius 3 is 2.71 bits per heavy atom. The first-order valence-corrected chi connectivity index (χ1v) is 7.57. The molecule has 0 aliphatic heterocycles. The molecule has 3 aromatic rings. The lowest BCUT2D eigenvalue weighted by Crippen LogP contribution is -2.27. The van der Waals surface area contributed by atoms with Gasteiger partial charge in [0.05, 0.1) is 12.2 Å². The quantitative estimate of drug-likeness (QED) is 0.694. The van der Waals surface area contributed by atoms with Crippen LogP contribution in [0.3, 0.4) is 0 Å². The molecule has 0 radical (unpaired) electrons. The van der Waals surface area contributed by atoms with Gasteiger partial charge in [0.2, 0.25) is 0 Å². The molecule has 0 aliphatic carbocycles. The van der Waals surface area contributed by atoms with Crippen LogP contribution in [0.2, 0.25) is 0 Å². The van der Waals surface area contributed by atoms with Gasteiger partial charge in [0.15, 0.2) is 12.4 Å². The third kappa shape index (κ3) is 3.62. The first kappa shape index (κ1) is 15.8. The van der Waals surface area contributed by atoms with E-state index in [1.165, 1.54) is 0 Å². The number of amides is 1. The molecule has 1 aromatic carbocycles. The summed E-state index contributed by atoms with van der Waals surface area (Å²) in [5, 5.41) is 8.38. The number of ether oxygens (including phenoxy) is 1. The van der Waals surface area contributed by atoms with Crippen molar-refractivity contribution in [2.45, 2.75) is 13.3 Å². The van der Waals surface area contributed by atoms with Crippen molar-refractivity contribution in [2.75, 3.05) is 7.05 Å². The van der Waals surface area contributed by atoms with Crippen LogP contribution in [0, 0.1) is 0 Å². The van der Waals surface area contributed by atoms with E-state index in [0.29, 0.717) is 12.2 Å². The third-order valence-electron chi connectivity index (χ3n) is 3.63. The van der Waals surface area contributed by atoms with Crippen LogP contribution in [0.15, 0.2) is 54.9 Å². The fraction of sp³-hybridized carbons (Fsp3) is 0.235. The number of rotatable bonds is 6. The summed E-state index contributed by atoms with van der Waals surface area (Å²) < 4.78 is 8.95. The third-order valence-corrected chi connectivity index (χ3v) is 3.63. The Balaban J connectivity index is 1.60. The maximum Gasteiger partial charge on any atom is 0.274 e. The zero-order chi connectivity index (χ0) is 16.9. The van der Waals surface area contributed by atoms with Crippen molar-refractivity contribution in [2.24, 2.45) is 7.05 Å². The summed E-state index contributed by atoms with van der Waals surface area (Å²) in [5.74, 6) is 0.615. The number of benzene rings is 1. The highest BCUT2D eigenvalue weighted by atomic mass is 16.5. The molecule has 124 valence electrons. The zero-order valence-electron chi connectivity index (χ0n) is 13.7. The predicted octanol–water partition coefficient (Wildman–Crippen LogP) is 1.93. The van der Waals surface area contributed by atoms with Crippen LogP contribution >= 0.6 is 0 Å². The summed E-state index contributed by atoms with van der Waals surface area (Å²) in [4.78, 5) is 14.1. The first-order chi connectivity index (χ1) is 11.6. The fourth-order valence-corrected chi connectivity index (χ4v) is 2.27. The van der Waals surface area contributed by atoms with E-state index in [4.69, 9.17) is 4.74 Å². The molecule has 1 amide bonds. The van der Waals surface area contributed by atoms with E-state index in [0.717, 1.165) is 11.4 Å². The molecule has 24 heavy (non-hydrogen) atoms. The van der Waals surface area contributed by atoms with Gasteiger partial charge in [0, 0.05) is 26.5 Å². The Morgan fingerprint density at radius 1 is 1.21 bits per heavy atom. The highest BCUT2D eigenvalue weighted by Crippen LogP contribution is 2.10. The molecular formula is C17H19N5O2. The van der Waals surface area contributed by atoms with Crippen LogP contribution in [0.1, 0.15) is 16.2 Å². The van der Waals surface area contributed by atoms with E-state index < -0.39 is 0 Å². The van der Waals surface area contributed by atoms with Crippen LogP contribution in [0.5, 0.6) is 5.75 Å². The average molecular weight is 325 g/mol. The van der Waals surface area contributed by atoms with Gasteiger partial charge < -0.3 is 9.64 Å². The van der Waals surface area contributed by atoms with Crippen molar-refractivity contribution >= 4 is 5.91 Å². The second kappa shape index (κ2) is 6.99. The maximum atomic E-state index is 12.4. The van der Waals surface area contributed by atoms with Gasteiger partial charge in [-0.3, -0.25) is 9.48 Å². The highest BCUT2D eigenvalue weighted by Gasteiger charge is 2.16. The number of para-hydroxylation sites is 1. The van der Waals surface area contributed by atoms with E-state index in [2.05, 4.69) is 10.2 Å². The van der Waals surface area contributed by atoms with Crippen molar-refractivity contribution in [3.8, 4) is 5.75 Å². The summed E-state index contributed by atoms with van der Waals surface area (Å²) >= 11 is 0. The van der Waals surface area contributed by atoms with Gasteiger partial charge in [-0.1, -0.05) is 18.2 Å². The Morgan fingerprint density at radius 2 is 2.00 bits per heavy atom. The van der Waals surface area contributed by atoms with Crippen LogP contribution < -0.4 is 4.74 Å². The monoisotopic (exact) mass is 325 g/mol. The molecule has 0 atom stereocenters. The fourth-order valence-electron chi connectivity index (χ4n) is 2.27. The number of hydrogen-bond donors (Lipinski definition) is 0. The molecule has 0 N–H and O–H groups in total. The van der Waals surface area contributed by atoms with Gasteiger partial charge in [0.25, 0.3) is 5.91 Å². The Bertz CT molecular complexity index is 809. The zero-order valence-corrected chi connectivity index (χ0v) is 13.7. The number of aromatic nitrogens is 4. The van der Waals surface area contributed by atoms with Gasteiger partial charge in [-0.05, 0) is 24.3 Å². The number of aryl methyl sites for hydroxylation is 1. The molecule has 0 spiro atoms. The van der Waals surface area contributed by atoms with Crippen LogP contribution in [-0.2, 0) is 20.3 Å². The Hall–Kier alpha value is -3.09. The molecule has 7 heteroatoms. The molecule has 3 rings (SSSR count). The predicted molar refractivity (Wildman–Crippen MR) is 88.3 cm³/mol. The van der Waals surface area contributed by atoms with Crippen molar-refractivity contribution in [1.29, 1.82) is 0 Å². The molecule has 0 saturated heterocycles. The number of nitrogens with zero attached hydrogens (tertiary/aromatic N) is 5. The number of carbonyl (C=O) groups is 1. The van der Waals surface area contributed by atoms with Gasteiger partial charge in [-0.25, -0.2) is 4.68 Å². The van der Waals surface area contributed by atoms with E-state index in [1.807, 2.05) is 43.4 Å². The van der Waals surface area contributed by atoms with E-state index in [-0.39, 0.29) is 12.6 Å². The first-order valence-electron chi connectivity index (χ1n) is 7.57. The standard InChI is InChI=1S/C17H19N5O2/c1-20(12-14-8-10-18-21(14)2)17(23)16-9-11-22(19-16)13-24-15-6-4-3-5-7-15/h3-11H,12-13H2,1-2H3. The summed E-state index contributed by atoms with van der Waals surface area (Å²) in [5.41, 5.74) is 1.34. The lowest BCUT2D eigenvalue weighted by molar-refractivity contribution is 0.0774.